The molecule has 2 saturated carbocycles. The van der Waals surface area contributed by atoms with Gasteiger partial charge in [-0.2, -0.15) is 0 Å². The minimum Gasteiger partial charge on any atom is -0.271 e. The van der Waals surface area contributed by atoms with E-state index in [0.717, 1.165) is 23.0 Å². The second-order valence-corrected chi connectivity index (χ2v) is 5.63. The molecule has 3 heteroatoms. The molecule has 0 aromatic heterocycles. The van der Waals surface area contributed by atoms with E-state index >= 15 is 0 Å². The molecular formula is C14H19FN2. The van der Waals surface area contributed by atoms with E-state index in [2.05, 4.69) is 5.43 Å². The van der Waals surface area contributed by atoms with Crippen LogP contribution in [0.1, 0.15) is 36.4 Å². The number of rotatable bonds is 3. The van der Waals surface area contributed by atoms with Gasteiger partial charge in [0.05, 0.1) is 0 Å². The number of halogens is 1. The van der Waals surface area contributed by atoms with E-state index in [1.165, 1.54) is 25.3 Å². The van der Waals surface area contributed by atoms with Crippen molar-refractivity contribution in [3.05, 3.63) is 35.1 Å². The standard InChI is InChI=1S/C14H19FN2/c1-8-4-12(15)2-3-13(8)14(17-16)11-6-9-5-10(9)7-11/h2-4,9-11,14,17H,5-7,16H2,1H3. The van der Waals surface area contributed by atoms with Crippen LogP contribution in [0.15, 0.2) is 18.2 Å². The van der Waals surface area contributed by atoms with Crippen LogP contribution in [0, 0.1) is 30.5 Å². The SMILES string of the molecule is Cc1cc(F)ccc1C(NN)C1CC2CC2C1. The summed E-state index contributed by atoms with van der Waals surface area (Å²) >= 11 is 0. The van der Waals surface area contributed by atoms with Crippen LogP contribution in [0.2, 0.25) is 0 Å². The first-order chi connectivity index (χ1) is 8.19. The first-order valence-electron chi connectivity index (χ1n) is 6.41. The summed E-state index contributed by atoms with van der Waals surface area (Å²) < 4.78 is 13.1. The van der Waals surface area contributed by atoms with Crippen molar-refractivity contribution in [3.8, 4) is 0 Å². The highest BCUT2D eigenvalue weighted by atomic mass is 19.1. The molecule has 3 rings (SSSR count). The Labute approximate surface area is 101 Å². The minimum atomic E-state index is -0.170. The van der Waals surface area contributed by atoms with E-state index in [1.54, 1.807) is 6.07 Å². The quantitative estimate of drug-likeness (QED) is 0.623. The Morgan fingerprint density at radius 2 is 2.00 bits per heavy atom. The van der Waals surface area contributed by atoms with Crippen molar-refractivity contribution < 1.29 is 4.39 Å². The van der Waals surface area contributed by atoms with Gasteiger partial charge in [-0.3, -0.25) is 11.3 Å². The lowest BCUT2D eigenvalue weighted by molar-refractivity contribution is 0.344. The monoisotopic (exact) mass is 234 g/mol. The molecule has 17 heavy (non-hydrogen) atoms. The summed E-state index contributed by atoms with van der Waals surface area (Å²) in [7, 11) is 0. The van der Waals surface area contributed by atoms with Crippen LogP contribution in [-0.2, 0) is 0 Å². The van der Waals surface area contributed by atoms with Gasteiger partial charge in [0.15, 0.2) is 0 Å². The fraction of sp³-hybridized carbons (Fsp3) is 0.571. The van der Waals surface area contributed by atoms with Gasteiger partial charge >= 0.3 is 0 Å². The summed E-state index contributed by atoms with van der Waals surface area (Å²) in [5.74, 6) is 8.04. The number of hydrogen-bond acceptors (Lipinski definition) is 2. The Hall–Kier alpha value is -0.930. The first kappa shape index (κ1) is 11.2. The fourth-order valence-electron chi connectivity index (χ4n) is 3.50. The fourth-order valence-corrected chi connectivity index (χ4v) is 3.50. The molecule has 0 radical (unpaired) electrons. The summed E-state index contributed by atoms with van der Waals surface area (Å²) in [4.78, 5) is 0. The van der Waals surface area contributed by atoms with Crippen molar-refractivity contribution in [1.29, 1.82) is 0 Å². The highest BCUT2D eigenvalue weighted by Crippen LogP contribution is 2.57. The third-order valence-electron chi connectivity index (χ3n) is 4.50. The second kappa shape index (κ2) is 4.07. The molecule has 3 unspecified atom stereocenters. The number of hydrazine groups is 1. The maximum Gasteiger partial charge on any atom is 0.123 e. The Morgan fingerprint density at radius 1 is 1.29 bits per heavy atom. The zero-order chi connectivity index (χ0) is 12.0. The molecule has 0 spiro atoms. The molecule has 2 nitrogen and oxygen atoms in total. The highest BCUT2D eigenvalue weighted by molar-refractivity contribution is 5.30. The number of nitrogens with one attached hydrogen (secondary N) is 1. The average molecular weight is 234 g/mol. The lowest BCUT2D eigenvalue weighted by Gasteiger charge is -2.26. The number of nitrogens with two attached hydrogens (primary N) is 1. The molecular weight excluding hydrogens is 215 g/mol. The molecule has 2 fully saturated rings. The Kier molecular flexibility index (Phi) is 2.68. The van der Waals surface area contributed by atoms with Gasteiger partial charge in [-0.05, 0) is 67.2 Å². The number of hydrogen-bond donors (Lipinski definition) is 2. The van der Waals surface area contributed by atoms with E-state index in [-0.39, 0.29) is 11.9 Å². The van der Waals surface area contributed by atoms with Gasteiger partial charge in [0.25, 0.3) is 0 Å². The molecule has 0 saturated heterocycles. The lowest BCUT2D eigenvalue weighted by atomic mass is 9.87. The van der Waals surface area contributed by atoms with E-state index in [4.69, 9.17) is 5.84 Å². The van der Waals surface area contributed by atoms with Gasteiger partial charge in [0.1, 0.15) is 5.82 Å². The predicted octanol–water partition coefficient (Wildman–Crippen LogP) is 2.68. The molecule has 0 amide bonds. The summed E-state index contributed by atoms with van der Waals surface area (Å²) in [5.41, 5.74) is 5.09. The number of aryl methyl sites for hydroxylation is 1. The molecule has 3 atom stereocenters. The van der Waals surface area contributed by atoms with Gasteiger partial charge in [0.2, 0.25) is 0 Å². The highest BCUT2D eigenvalue weighted by Gasteiger charge is 2.48. The molecule has 2 aliphatic carbocycles. The first-order valence-corrected chi connectivity index (χ1v) is 6.41. The number of fused-ring (bicyclic) bond motifs is 1. The van der Waals surface area contributed by atoms with Crippen LogP contribution < -0.4 is 11.3 Å². The van der Waals surface area contributed by atoms with Crippen LogP contribution in [0.4, 0.5) is 4.39 Å². The Balaban J connectivity index is 1.84. The zero-order valence-electron chi connectivity index (χ0n) is 10.1. The molecule has 1 aromatic rings. The van der Waals surface area contributed by atoms with Crippen molar-refractivity contribution in [2.24, 2.45) is 23.6 Å². The topological polar surface area (TPSA) is 38.0 Å². The molecule has 2 aliphatic rings. The van der Waals surface area contributed by atoms with E-state index in [0.29, 0.717) is 5.92 Å². The van der Waals surface area contributed by atoms with Crippen molar-refractivity contribution in [2.45, 2.75) is 32.2 Å². The normalized spacial score (nSPS) is 32.3. The molecule has 1 aromatic carbocycles. The maximum absolute atomic E-state index is 13.1. The van der Waals surface area contributed by atoms with E-state index < -0.39 is 0 Å². The third-order valence-corrected chi connectivity index (χ3v) is 4.50. The number of benzene rings is 1. The van der Waals surface area contributed by atoms with Gasteiger partial charge in [-0.25, -0.2) is 4.39 Å². The smallest absolute Gasteiger partial charge is 0.123 e. The summed E-state index contributed by atoms with van der Waals surface area (Å²) in [6.07, 6.45) is 3.96. The van der Waals surface area contributed by atoms with Crippen molar-refractivity contribution in [2.75, 3.05) is 0 Å². The van der Waals surface area contributed by atoms with Crippen molar-refractivity contribution in [3.63, 3.8) is 0 Å². The van der Waals surface area contributed by atoms with Crippen LogP contribution in [0.3, 0.4) is 0 Å². The van der Waals surface area contributed by atoms with Crippen LogP contribution >= 0.6 is 0 Å². The molecule has 0 heterocycles. The minimum absolute atomic E-state index is 0.170. The predicted molar refractivity (Wildman–Crippen MR) is 65.5 cm³/mol. The summed E-state index contributed by atoms with van der Waals surface area (Å²) in [5, 5.41) is 0. The second-order valence-electron chi connectivity index (χ2n) is 5.63. The molecule has 0 aliphatic heterocycles. The summed E-state index contributed by atoms with van der Waals surface area (Å²) in [6.45, 7) is 1.96. The third kappa shape index (κ3) is 1.98. The van der Waals surface area contributed by atoms with Crippen LogP contribution in [0.25, 0.3) is 0 Å². The van der Waals surface area contributed by atoms with Gasteiger partial charge < -0.3 is 0 Å². The Morgan fingerprint density at radius 3 is 2.59 bits per heavy atom. The molecule has 0 bridgehead atoms. The van der Waals surface area contributed by atoms with Crippen molar-refractivity contribution >= 4 is 0 Å². The van der Waals surface area contributed by atoms with E-state index in [1.807, 2.05) is 13.0 Å². The molecule has 92 valence electrons. The molecule has 3 N–H and O–H groups in total. The Bertz CT molecular complexity index is 422. The van der Waals surface area contributed by atoms with Gasteiger partial charge in [0, 0.05) is 6.04 Å². The van der Waals surface area contributed by atoms with E-state index in [9.17, 15) is 4.39 Å². The summed E-state index contributed by atoms with van der Waals surface area (Å²) in [6, 6.07) is 5.18. The van der Waals surface area contributed by atoms with Crippen LogP contribution in [0.5, 0.6) is 0 Å². The van der Waals surface area contributed by atoms with Crippen LogP contribution in [-0.4, -0.2) is 0 Å². The van der Waals surface area contributed by atoms with Gasteiger partial charge in [-0.1, -0.05) is 6.07 Å². The lowest BCUT2D eigenvalue weighted by Crippen LogP contribution is -2.33. The van der Waals surface area contributed by atoms with Gasteiger partial charge in [-0.15, -0.1) is 0 Å². The van der Waals surface area contributed by atoms with Crippen molar-refractivity contribution in [1.82, 2.24) is 5.43 Å². The largest absolute Gasteiger partial charge is 0.271 e. The maximum atomic E-state index is 13.1. The average Bonchev–Trinajstić information content (AvgIpc) is 2.90. The zero-order valence-corrected chi connectivity index (χ0v) is 10.1.